The van der Waals surface area contributed by atoms with Crippen molar-refractivity contribution in [3.8, 4) is 28.8 Å². The zero-order valence-corrected chi connectivity index (χ0v) is 17.4. The van der Waals surface area contributed by atoms with E-state index in [1.165, 1.54) is 28.9 Å². The van der Waals surface area contributed by atoms with E-state index < -0.39 is 6.36 Å². The molecule has 2 aromatic carbocycles. The van der Waals surface area contributed by atoms with Crippen molar-refractivity contribution in [2.75, 3.05) is 13.1 Å². The minimum Gasteiger partial charge on any atom is -0.406 e. The molecular weight excluding hydrogens is 435 g/mol. The van der Waals surface area contributed by atoms with Gasteiger partial charge in [0.1, 0.15) is 5.75 Å². The van der Waals surface area contributed by atoms with Gasteiger partial charge in [-0.05, 0) is 55.3 Å². The average Bonchev–Trinajstić information content (AvgIpc) is 3.23. The monoisotopic (exact) mass is 455 g/mol. The zero-order valence-electron chi connectivity index (χ0n) is 17.4. The van der Waals surface area contributed by atoms with Crippen molar-refractivity contribution in [1.82, 2.24) is 14.7 Å². The maximum absolute atomic E-state index is 13.1. The number of carbonyl (C=O) groups is 1. The Hall–Kier alpha value is -3.84. The third kappa shape index (κ3) is 5.15. The maximum atomic E-state index is 13.1. The first-order chi connectivity index (χ1) is 15.7. The second-order valence-corrected chi connectivity index (χ2v) is 7.71. The van der Waals surface area contributed by atoms with E-state index in [-0.39, 0.29) is 23.4 Å². The van der Waals surface area contributed by atoms with Gasteiger partial charge >= 0.3 is 6.36 Å². The number of rotatable bonds is 4. The number of carbonyl (C=O) groups excluding carboxylic acids is 1. The molecule has 2 heterocycles. The van der Waals surface area contributed by atoms with Crippen LogP contribution in [0.5, 0.6) is 5.75 Å². The van der Waals surface area contributed by atoms with E-state index in [0.717, 1.165) is 12.8 Å². The fourth-order valence-electron chi connectivity index (χ4n) is 3.75. The van der Waals surface area contributed by atoms with Crippen LogP contribution in [0.25, 0.3) is 16.9 Å². The van der Waals surface area contributed by atoms with Crippen molar-refractivity contribution in [3.63, 3.8) is 0 Å². The molecule has 0 saturated carbocycles. The Morgan fingerprint density at radius 2 is 1.85 bits per heavy atom. The number of nitrogens with two attached hydrogens (primary N) is 1. The van der Waals surface area contributed by atoms with E-state index in [4.69, 9.17) is 11.0 Å². The van der Waals surface area contributed by atoms with Gasteiger partial charge in [0.2, 0.25) is 0 Å². The first kappa shape index (κ1) is 22.4. The standard InChI is InChI=1S/C23H20F3N5O2/c24-23(25,26)33-19-9-7-18(8-10-19)31-21(16-5-3-15(13-27)4-6-16)12-20(29-31)22(32)30-11-1-2-17(28)14-30/h3-10,12,17H,1-2,11,14,28H2. The lowest BCUT2D eigenvalue weighted by Gasteiger charge is -2.30. The van der Waals surface area contributed by atoms with Crippen molar-refractivity contribution < 1.29 is 22.7 Å². The minimum absolute atomic E-state index is 0.0936. The number of piperidine rings is 1. The maximum Gasteiger partial charge on any atom is 0.573 e. The molecule has 0 bridgehead atoms. The summed E-state index contributed by atoms with van der Waals surface area (Å²) in [6.07, 6.45) is -3.15. The van der Waals surface area contributed by atoms with Gasteiger partial charge in [0.25, 0.3) is 5.91 Å². The summed E-state index contributed by atoms with van der Waals surface area (Å²) in [4.78, 5) is 14.7. The summed E-state index contributed by atoms with van der Waals surface area (Å²) >= 11 is 0. The molecule has 2 N–H and O–H groups in total. The lowest BCUT2D eigenvalue weighted by Crippen LogP contribution is -2.45. The Morgan fingerprint density at radius 1 is 1.15 bits per heavy atom. The van der Waals surface area contributed by atoms with Crippen molar-refractivity contribution in [1.29, 1.82) is 5.26 Å². The van der Waals surface area contributed by atoms with Crippen molar-refractivity contribution in [2.24, 2.45) is 5.73 Å². The summed E-state index contributed by atoms with van der Waals surface area (Å²) in [6, 6.07) is 15.5. The normalized spacial score (nSPS) is 16.3. The van der Waals surface area contributed by atoms with Gasteiger partial charge in [-0.15, -0.1) is 13.2 Å². The highest BCUT2D eigenvalue weighted by molar-refractivity contribution is 5.93. The molecule has 0 aliphatic carbocycles. The molecule has 33 heavy (non-hydrogen) atoms. The molecule has 1 saturated heterocycles. The van der Waals surface area contributed by atoms with Gasteiger partial charge in [-0.1, -0.05) is 12.1 Å². The predicted molar refractivity (Wildman–Crippen MR) is 114 cm³/mol. The van der Waals surface area contributed by atoms with Crippen LogP contribution >= 0.6 is 0 Å². The number of likely N-dealkylation sites (tertiary alicyclic amines) is 1. The van der Waals surface area contributed by atoms with Crippen molar-refractivity contribution in [2.45, 2.75) is 25.2 Å². The van der Waals surface area contributed by atoms with Crippen LogP contribution in [0.2, 0.25) is 0 Å². The summed E-state index contributed by atoms with van der Waals surface area (Å²) in [5.74, 6) is -0.632. The summed E-state index contributed by atoms with van der Waals surface area (Å²) in [6.45, 7) is 1.01. The molecule has 1 fully saturated rings. The van der Waals surface area contributed by atoms with Crippen LogP contribution in [0.3, 0.4) is 0 Å². The Balaban J connectivity index is 1.72. The largest absolute Gasteiger partial charge is 0.573 e. The fraction of sp³-hybridized carbons (Fsp3) is 0.261. The molecule has 0 radical (unpaired) electrons. The van der Waals surface area contributed by atoms with Crippen LogP contribution in [-0.2, 0) is 0 Å². The smallest absolute Gasteiger partial charge is 0.406 e. The number of alkyl halides is 3. The summed E-state index contributed by atoms with van der Waals surface area (Å²) in [5.41, 5.74) is 8.35. The molecule has 7 nitrogen and oxygen atoms in total. The Labute approximate surface area is 187 Å². The first-order valence-electron chi connectivity index (χ1n) is 10.2. The molecule has 0 spiro atoms. The lowest BCUT2D eigenvalue weighted by atomic mass is 10.1. The molecule has 1 amide bonds. The summed E-state index contributed by atoms with van der Waals surface area (Å²) < 4.78 is 42.9. The lowest BCUT2D eigenvalue weighted by molar-refractivity contribution is -0.274. The summed E-state index contributed by atoms with van der Waals surface area (Å²) in [7, 11) is 0. The number of hydrogen-bond acceptors (Lipinski definition) is 5. The molecule has 170 valence electrons. The highest BCUT2D eigenvalue weighted by Crippen LogP contribution is 2.28. The molecule has 1 atom stereocenters. The second kappa shape index (κ2) is 8.96. The van der Waals surface area contributed by atoms with E-state index in [1.54, 1.807) is 35.2 Å². The molecule has 3 aromatic rings. The molecular formula is C23H20F3N5O2. The van der Waals surface area contributed by atoms with Crippen molar-refractivity contribution >= 4 is 5.91 Å². The van der Waals surface area contributed by atoms with E-state index >= 15 is 0 Å². The molecule has 1 unspecified atom stereocenters. The number of nitrogens with zero attached hydrogens (tertiary/aromatic N) is 4. The number of nitriles is 1. The van der Waals surface area contributed by atoms with Gasteiger partial charge in [0, 0.05) is 24.7 Å². The molecule has 1 aromatic heterocycles. The van der Waals surface area contributed by atoms with Crippen molar-refractivity contribution in [3.05, 3.63) is 65.9 Å². The van der Waals surface area contributed by atoms with E-state index in [2.05, 4.69) is 9.84 Å². The first-order valence-corrected chi connectivity index (χ1v) is 10.2. The molecule has 10 heteroatoms. The SMILES string of the molecule is N#Cc1ccc(-c2cc(C(=O)N3CCCC(N)C3)nn2-c2ccc(OC(F)(F)F)cc2)cc1. The quantitative estimate of drug-likeness (QED) is 0.644. The molecule has 1 aliphatic heterocycles. The fourth-order valence-corrected chi connectivity index (χ4v) is 3.75. The van der Waals surface area contributed by atoms with Gasteiger partial charge < -0.3 is 15.4 Å². The summed E-state index contributed by atoms with van der Waals surface area (Å²) in [5, 5.41) is 13.5. The van der Waals surface area contributed by atoms with Gasteiger partial charge in [-0.2, -0.15) is 10.4 Å². The highest BCUT2D eigenvalue weighted by atomic mass is 19.4. The third-order valence-electron chi connectivity index (χ3n) is 5.30. The second-order valence-electron chi connectivity index (χ2n) is 7.71. The van der Waals surface area contributed by atoms with E-state index in [9.17, 15) is 18.0 Å². The zero-order chi connectivity index (χ0) is 23.6. The highest BCUT2D eigenvalue weighted by Gasteiger charge is 2.31. The van der Waals surface area contributed by atoms with Crippen LogP contribution < -0.4 is 10.5 Å². The number of hydrogen-bond donors (Lipinski definition) is 1. The van der Waals surface area contributed by atoms with Gasteiger partial charge in [-0.25, -0.2) is 4.68 Å². The number of benzene rings is 2. The Kier molecular flexibility index (Phi) is 6.07. The topological polar surface area (TPSA) is 97.2 Å². The van der Waals surface area contributed by atoms with Crippen LogP contribution in [0.15, 0.2) is 54.6 Å². The number of ether oxygens (including phenoxy) is 1. The minimum atomic E-state index is -4.80. The number of halogens is 3. The predicted octanol–water partition coefficient (Wildman–Crippen LogP) is 3.87. The van der Waals surface area contributed by atoms with Gasteiger partial charge in [0.15, 0.2) is 5.69 Å². The third-order valence-corrected chi connectivity index (χ3v) is 5.30. The molecule has 4 rings (SSSR count). The van der Waals surface area contributed by atoms with Crippen LogP contribution in [-0.4, -0.2) is 46.1 Å². The van der Waals surface area contributed by atoms with E-state index in [1.807, 2.05) is 6.07 Å². The number of aromatic nitrogens is 2. The van der Waals surface area contributed by atoms with Crippen LogP contribution in [0, 0.1) is 11.3 Å². The van der Waals surface area contributed by atoms with Crippen LogP contribution in [0.4, 0.5) is 13.2 Å². The Bertz CT molecular complexity index is 1180. The van der Waals surface area contributed by atoms with E-state index in [0.29, 0.717) is 35.6 Å². The van der Waals surface area contributed by atoms with Gasteiger partial charge in [-0.3, -0.25) is 4.79 Å². The average molecular weight is 455 g/mol. The van der Waals surface area contributed by atoms with Gasteiger partial charge in [0.05, 0.1) is 23.0 Å². The Morgan fingerprint density at radius 3 is 2.45 bits per heavy atom. The van der Waals surface area contributed by atoms with Crippen LogP contribution in [0.1, 0.15) is 28.9 Å². The molecule has 1 aliphatic rings. The number of amides is 1.